The smallest absolute Gasteiger partial charge is 0.246 e. The summed E-state index contributed by atoms with van der Waals surface area (Å²) in [7, 11) is 1.84. The standard InChI is InChI=1S/C30H36N2O5/c1-3-21-15-22(31(2)25(34)9-6-19-10-13-36-17-19)28-29-11-12-32(16-18-4-5-18)24(30(21,29)35)14-20-7-8-23(33)27(37-28)26(20)29/h6-10,13,17-18,21-22,24,28,33,35H,3-5,11-12,14-16H2,1-2H3/b9-6+/t21-,22-,24+,28+,29-,30+/m0/s1. The number of phenols is 1. The number of carbonyl (C=O) groups excluding carboxylic acids is 1. The summed E-state index contributed by atoms with van der Waals surface area (Å²) in [6.45, 7) is 4.11. The normalized spacial score (nSPS) is 35.9. The summed E-state index contributed by atoms with van der Waals surface area (Å²) in [5.74, 6) is 1.30. The van der Waals surface area contributed by atoms with Crippen LogP contribution < -0.4 is 4.74 Å². The molecule has 6 atom stereocenters. The van der Waals surface area contributed by atoms with Gasteiger partial charge in [-0.15, -0.1) is 0 Å². The topological polar surface area (TPSA) is 86.4 Å². The number of benzene rings is 1. The highest BCUT2D eigenvalue weighted by Gasteiger charge is 2.75. The predicted octanol–water partition coefficient (Wildman–Crippen LogP) is 3.73. The molecule has 7 heteroatoms. The van der Waals surface area contributed by atoms with Crippen molar-refractivity contribution >= 4 is 12.0 Å². The first-order valence-corrected chi connectivity index (χ1v) is 13.8. The Labute approximate surface area is 217 Å². The molecule has 2 aliphatic heterocycles. The number of likely N-dealkylation sites (tertiary alicyclic amines) is 1. The molecular weight excluding hydrogens is 468 g/mol. The maximum absolute atomic E-state index is 13.4. The van der Waals surface area contributed by atoms with Crippen LogP contribution in [0.1, 0.15) is 55.7 Å². The number of aromatic hydroxyl groups is 1. The number of rotatable bonds is 6. The van der Waals surface area contributed by atoms with Crippen LogP contribution in [0.3, 0.4) is 0 Å². The van der Waals surface area contributed by atoms with Gasteiger partial charge in [0.2, 0.25) is 5.91 Å². The fourth-order valence-electron chi connectivity index (χ4n) is 8.35. The first-order valence-electron chi connectivity index (χ1n) is 13.8. The van der Waals surface area contributed by atoms with Gasteiger partial charge in [0.25, 0.3) is 0 Å². The summed E-state index contributed by atoms with van der Waals surface area (Å²) < 4.78 is 11.8. The van der Waals surface area contributed by atoms with E-state index in [0.717, 1.165) is 49.4 Å². The molecule has 1 amide bonds. The summed E-state index contributed by atoms with van der Waals surface area (Å²) in [5, 5.41) is 23.9. The fraction of sp³-hybridized carbons (Fsp3) is 0.567. The van der Waals surface area contributed by atoms with E-state index in [1.165, 1.54) is 18.4 Å². The van der Waals surface area contributed by atoms with Gasteiger partial charge in [-0.3, -0.25) is 9.69 Å². The molecule has 3 aliphatic carbocycles. The summed E-state index contributed by atoms with van der Waals surface area (Å²) in [6, 6.07) is 5.38. The van der Waals surface area contributed by atoms with Crippen molar-refractivity contribution < 1.29 is 24.2 Å². The van der Waals surface area contributed by atoms with E-state index in [1.807, 2.05) is 19.2 Å². The average molecular weight is 505 g/mol. The Morgan fingerprint density at radius 2 is 2.14 bits per heavy atom. The molecule has 3 fully saturated rings. The Morgan fingerprint density at radius 3 is 2.86 bits per heavy atom. The highest BCUT2D eigenvalue weighted by atomic mass is 16.5. The van der Waals surface area contributed by atoms with E-state index >= 15 is 0 Å². The summed E-state index contributed by atoms with van der Waals surface area (Å²) >= 11 is 0. The number of aliphatic hydroxyl groups is 1. The Hall–Kier alpha value is -2.77. The van der Waals surface area contributed by atoms with Crippen LogP contribution >= 0.6 is 0 Å². The average Bonchev–Trinajstić information content (AvgIpc) is 3.41. The molecule has 196 valence electrons. The molecule has 2 aromatic rings. The van der Waals surface area contributed by atoms with Crippen LogP contribution in [-0.4, -0.2) is 69.8 Å². The molecular formula is C30H36N2O5. The Morgan fingerprint density at radius 1 is 1.30 bits per heavy atom. The third-order valence-electron chi connectivity index (χ3n) is 10.3. The molecule has 1 aromatic carbocycles. The second-order valence-corrected chi connectivity index (χ2v) is 11.9. The number of carbonyl (C=O) groups is 1. The van der Waals surface area contributed by atoms with E-state index in [9.17, 15) is 15.0 Å². The van der Waals surface area contributed by atoms with E-state index in [2.05, 4.69) is 11.8 Å². The van der Waals surface area contributed by atoms with Crippen molar-refractivity contribution in [2.45, 2.75) is 74.7 Å². The highest BCUT2D eigenvalue weighted by molar-refractivity contribution is 5.92. The lowest BCUT2D eigenvalue weighted by atomic mass is 9.45. The van der Waals surface area contributed by atoms with Crippen molar-refractivity contribution in [3.8, 4) is 11.5 Å². The van der Waals surface area contributed by atoms with Gasteiger partial charge in [-0.25, -0.2) is 0 Å². The Balaban J connectivity index is 1.32. The molecule has 1 aromatic heterocycles. The minimum absolute atomic E-state index is 0.0129. The van der Waals surface area contributed by atoms with Gasteiger partial charge in [0, 0.05) is 36.8 Å². The van der Waals surface area contributed by atoms with Crippen LogP contribution in [-0.2, 0) is 16.6 Å². The van der Waals surface area contributed by atoms with Crippen LogP contribution in [0.25, 0.3) is 6.08 Å². The molecule has 0 radical (unpaired) electrons. The number of amides is 1. The van der Waals surface area contributed by atoms with Crippen molar-refractivity contribution in [3.05, 3.63) is 53.5 Å². The zero-order valence-electron chi connectivity index (χ0n) is 21.6. The number of ether oxygens (including phenoxy) is 1. The maximum atomic E-state index is 13.4. The zero-order chi connectivity index (χ0) is 25.5. The van der Waals surface area contributed by atoms with E-state index in [0.29, 0.717) is 12.2 Å². The van der Waals surface area contributed by atoms with Gasteiger partial charge in [0.1, 0.15) is 6.10 Å². The van der Waals surface area contributed by atoms with Crippen molar-refractivity contribution in [2.24, 2.45) is 11.8 Å². The summed E-state index contributed by atoms with van der Waals surface area (Å²) in [6.07, 6.45) is 11.7. The number of hydrogen-bond acceptors (Lipinski definition) is 6. The van der Waals surface area contributed by atoms with Gasteiger partial charge in [-0.1, -0.05) is 19.4 Å². The molecule has 0 unspecified atom stereocenters. The summed E-state index contributed by atoms with van der Waals surface area (Å²) in [5.41, 5.74) is 1.39. The fourth-order valence-corrected chi connectivity index (χ4v) is 8.35. The molecule has 2 N–H and O–H groups in total. The van der Waals surface area contributed by atoms with Gasteiger partial charge in [0.15, 0.2) is 11.5 Å². The quantitative estimate of drug-likeness (QED) is 0.583. The van der Waals surface area contributed by atoms with Crippen molar-refractivity contribution in [1.82, 2.24) is 9.80 Å². The summed E-state index contributed by atoms with van der Waals surface area (Å²) in [4.78, 5) is 17.7. The monoisotopic (exact) mass is 504 g/mol. The second-order valence-electron chi connectivity index (χ2n) is 11.9. The molecule has 7 rings (SSSR count). The zero-order valence-corrected chi connectivity index (χ0v) is 21.6. The number of hydrogen-bond donors (Lipinski definition) is 2. The predicted molar refractivity (Wildman–Crippen MR) is 138 cm³/mol. The van der Waals surface area contributed by atoms with Gasteiger partial charge in [0.05, 0.1) is 29.6 Å². The van der Waals surface area contributed by atoms with E-state index < -0.39 is 17.1 Å². The maximum Gasteiger partial charge on any atom is 0.246 e. The first kappa shape index (κ1) is 23.4. The number of likely N-dealkylation sites (N-methyl/N-ethyl adjacent to an activating group) is 1. The number of nitrogens with zero attached hydrogens (tertiary/aromatic N) is 2. The van der Waals surface area contributed by atoms with Crippen LogP contribution in [0.4, 0.5) is 0 Å². The SMILES string of the molecule is CC[C@H]1C[C@H](N(C)C(=O)/C=C/c2ccoc2)[C@H]2Oc3c(O)ccc4c3[C@@]23CCN(CC2CC2)[C@H](C4)[C@]13O. The van der Waals surface area contributed by atoms with Crippen molar-refractivity contribution in [3.63, 3.8) is 0 Å². The van der Waals surface area contributed by atoms with Gasteiger partial charge < -0.3 is 24.3 Å². The lowest BCUT2D eigenvalue weighted by Crippen LogP contribution is -2.81. The molecule has 7 nitrogen and oxygen atoms in total. The van der Waals surface area contributed by atoms with Crippen LogP contribution in [0, 0.1) is 11.8 Å². The molecule has 37 heavy (non-hydrogen) atoms. The minimum atomic E-state index is -0.974. The third-order valence-corrected chi connectivity index (χ3v) is 10.3. The van der Waals surface area contributed by atoms with Gasteiger partial charge >= 0.3 is 0 Å². The molecule has 2 saturated carbocycles. The molecule has 1 spiro atoms. The van der Waals surface area contributed by atoms with Gasteiger partial charge in [-0.2, -0.15) is 0 Å². The number of phenolic OH excluding ortho intramolecular Hbond substituents is 1. The van der Waals surface area contributed by atoms with E-state index in [-0.39, 0.29) is 29.7 Å². The molecule has 5 aliphatic rings. The van der Waals surface area contributed by atoms with Crippen molar-refractivity contribution in [1.29, 1.82) is 0 Å². The molecule has 2 bridgehead atoms. The van der Waals surface area contributed by atoms with E-state index in [4.69, 9.17) is 9.15 Å². The third kappa shape index (κ3) is 3.10. The molecule has 3 heterocycles. The van der Waals surface area contributed by atoms with Gasteiger partial charge in [-0.05, 0) is 74.3 Å². The Bertz CT molecular complexity index is 1250. The number of furan rings is 1. The van der Waals surface area contributed by atoms with Crippen LogP contribution in [0.2, 0.25) is 0 Å². The second kappa shape index (κ2) is 8.11. The van der Waals surface area contributed by atoms with Crippen LogP contribution in [0.5, 0.6) is 11.5 Å². The largest absolute Gasteiger partial charge is 0.504 e. The minimum Gasteiger partial charge on any atom is -0.504 e. The van der Waals surface area contributed by atoms with Crippen molar-refractivity contribution in [2.75, 3.05) is 20.1 Å². The number of piperidine rings is 1. The Kier molecular flexibility index (Phi) is 5.12. The first-order chi connectivity index (χ1) is 17.9. The molecule has 1 saturated heterocycles. The van der Waals surface area contributed by atoms with Crippen LogP contribution in [0.15, 0.2) is 41.2 Å². The lowest BCUT2D eigenvalue weighted by Gasteiger charge is -2.67. The lowest BCUT2D eigenvalue weighted by molar-refractivity contribution is -0.228. The van der Waals surface area contributed by atoms with E-state index in [1.54, 1.807) is 35.6 Å². The highest BCUT2D eigenvalue weighted by Crippen LogP contribution is 2.67.